The van der Waals surface area contributed by atoms with Gasteiger partial charge in [0.25, 0.3) is 0 Å². The smallest absolute Gasteiger partial charge is 0.221 e. The van der Waals surface area contributed by atoms with Gasteiger partial charge in [-0.05, 0) is 24.3 Å². The predicted molar refractivity (Wildman–Crippen MR) is 116 cm³/mol. The van der Waals surface area contributed by atoms with Gasteiger partial charge in [0.1, 0.15) is 17.6 Å². The Kier molecular flexibility index (Phi) is 6.60. The molecule has 7 nitrogen and oxygen atoms in total. The standard InChI is InChI=1S/C22H23ClFN5O2/c1-14(30)26-21-19(13-29-8-10-31-11-9-29)27-22(18-4-2-3-7-25-18)28-20(21)16-6-5-15(24)12-17(16)23/h2-7,12,20H,8-11,13H2,1H3,(H,26,30)(H,27,28). The average molecular weight is 444 g/mol. The summed E-state index contributed by atoms with van der Waals surface area (Å²) in [6, 6.07) is 9.13. The first-order valence-corrected chi connectivity index (χ1v) is 10.4. The number of rotatable bonds is 5. The van der Waals surface area contributed by atoms with E-state index in [-0.39, 0.29) is 10.9 Å². The highest BCUT2D eigenvalue weighted by molar-refractivity contribution is 6.31. The molecule has 2 aliphatic rings. The number of benzene rings is 1. The second-order valence-electron chi connectivity index (χ2n) is 7.35. The van der Waals surface area contributed by atoms with Crippen LogP contribution in [0.25, 0.3) is 0 Å². The number of nitrogens with zero attached hydrogens (tertiary/aromatic N) is 3. The lowest BCUT2D eigenvalue weighted by Crippen LogP contribution is -2.44. The van der Waals surface area contributed by atoms with Crippen molar-refractivity contribution in [2.24, 2.45) is 4.99 Å². The first kappa shape index (κ1) is 21.4. The molecule has 2 aromatic rings. The van der Waals surface area contributed by atoms with E-state index in [1.54, 1.807) is 12.3 Å². The summed E-state index contributed by atoms with van der Waals surface area (Å²) in [5.74, 6) is -0.102. The van der Waals surface area contributed by atoms with Crippen LogP contribution in [0.2, 0.25) is 5.02 Å². The van der Waals surface area contributed by atoms with Crippen molar-refractivity contribution >= 4 is 23.3 Å². The van der Waals surface area contributed by atoms with Crippen LogP contribution >= 0.6 is 11.6 Å². The summed E-state index contributed by atoms with van der Waals surface area (Å²) in [4.78, 5) is 23.5. The van der Waals surface area contributed by atoms with E-state index in [0.29, 0.717) is 42.5 Å². The lowest BCUT2D eigenvalue weighted by atomic mass is 9.99. The highest BCUT2D eigenvalue weighted by Crippen LogP contribution is 2.34. The molecule has 0 saturated carbocycles. The van der Waals surface area contributed by atoms with Crippen molar-refractivity contribution in [1.82, 2.24) is 20.5 Å². The molecule has 31 heavy (non-hydrogen) atoms. The largest absolute Gasteiger partial charge is 0.379 e. The lowest BCUT2D eigenvalue weighted by Gasteiger charge is -2.33. The Morgan fingerprint density at radius 3 is 2.81 bits per heavy atom. The number of halogens is 2. The normalized spacial score (nSPS) is 19.6. The van der Waals surface area contributed by atoms with Crippen molar-refractivity contribution in [3.05, 3.63) is 76.1 Å². The topological polar surface area (TPSA) is 78.9 Å². The van der Waals surface area contributed by atoms with Crippen molar-refractivity contribution in [3.8, 4) is 0 Å². The van der Waals surface area contributed by atoms with E-state index >= 15 is 0 Å². The van der Waals surface area contributed by atoms with E-state index in [1.165, 1.54) is 19.1 Å². The van der Waals surface area contributed by atoms with E-state index in [2.05, 4.69) is 20.5 Å². The first-order chi connectivity index (χ1) is 15.0. The quantitative estimate of drug-likeness (QED) is 0.742. The van der Waals surface area contributed by atoms with Gasteiger partial charge in [0.05, 0.1) is 24.6 Å². The van der Waals surface area contributed by atoms with E-state index in [0.717, 1.165) is 18.8 Å². The second-order valence-corrected chi connectivity index (χ2v) is 7.76. The third-order valence-corrected chi connectivity index (χ3v) is 5.41. The maximum atomic E-state index is 13.7. The highest BCUT2D eigenvalue weighted by Gasteiger charge is 2.30. The molecule has 0 spiro atoms. The van der Waals surface area contributed by atoms with Crippen LogP contribution in [-0.4, -0.2) is 54.5 Å². The molecule has 2 N–H and O–H groups in total. The van der Waals surface area contributed by atoms with Gasteiger partial charge in [0.15, 0.2) is 5.84 Å². The van der Waals surface area contributed by atoms with Crippen LogP contribution in [0.15, 0.2) is 59.0 Å². The lowest BCUT2D eigenvalue weighted by molar-refractivity contribution is -0.118. The Hall–Kier alpha value is -2.81. The van der Waals surface area contributed by atoms with Crippen LogP contribution < -0.4 is 10.6 Å². The van der Waals surface area contributed by atoms with E-state index < -0.39 is 11.9 Å². The number of hydrogen-bond acceptors (Lipinski definition) is 6. The molecule has 1 aromatic heterocycles. The minimum Gasteiger partial charge on any atom is -0.379 e. The number of aliphatic imine (C=N–C) groups is 1. The first-order valence-electron chi connectivity index (χ1n) is 10.0. The fraction of sp³-hybridized carbons (Fsp3) is 0.318. The Morgan fingerprint density at radius 1 is 1.32 bits per heavy atom. The van der Waals surface area contributed by atoms with Gasteiger partial charge in [-0.25, -0.2) is 4.39 Å². The molecule has 1 aromatic carbocycles. The van der Waals surface area contributed by atoms with Crippen molar-refractivity contribution in [2.45, 2.75) is 13.0 Å². The Morgan fingerprint density at radius 2 is 2.13 bits per heavy atom. The molecule has 2 aliphatic heterocycles. The molecule has 1 fully saturated rings. The highest BCUT2D eigenvalue weighted by atomic mass is 35.5. The third-order valence-electron chi connectivity index (χ3n) is 5.09. The number of pyridine rings is 1. The predicted octanol–water partition coefficient (Wildman–Crippen LogP) is 2.65. The van der Waals surface area contributed by atoms with Crippen LogP contribution in [0.4, 0.5) is 4.39 Å². The van der Waals surface area contributed by atoms with Gasteiger partial charge in [0.2, 0.25) is 5.91 Å². The minimum atomic E-state index is -0.619. The summed E-state index contributed by atoms with van der Waals surface area (Å²) in [7, 11) is 0. The molecule has 9 heteroatoms. The molecule has 1 saturated heterocycles. The summed E-state index contributed by atoms with van der Waals surface area (Å²) in [5, 5.41) is 6.52. The summed E-state index contributed by atoms with van der Waals surface area (Å²) in [6.45, 7) is 4.85. The number of morpholine rings is 1. The van der Waals surface area contributed by atoms with Crippen LogP contribution in [0, 0.1) is 5.82 Å². The molecule has 0 bridgehead atoms. The maximum absolute atomic E-state index is 13.7. The SMILES string of the molecule is CC(=O)NC1=C(CN2CCOCC2)NC(c2ccccn2)=NC1c1ccc(F)cc1Cl. The van der Waals surface area contributed by atoms with E-state index in [1.807, 2.05) is 18.2 Å². The number of amides is 1. The number of hydrogen-bond donors (Lipinski definition) is 2. The number of ether oxygens (including phenoxy) is 1. The molecule has 162 valence electrons. The molecule has 4 rings (SSSR count). The summed E-state index contributed by atoms with van der Waals surface area (Å²) >= 11 is 6.39. The number of aromatic nitrogens is 1. The zero-order valence-corrected chi connectivity index (χ0v) is 17.8. The zero-order valence-electron chi connectivity index (χ0n) is 17.1. The Bertz CT molecular complexity index is 1020. The molecule has 1 amide bonds. The molecular formula is C22H23ClFN5O2. The van der Waals surface area contributed by atoms with E-state index in [4.69, 9.17) is 21.3 Å². The maximum Gasteiger partial charge on any atom is 0.221 e. The fourth-order valence-corrected chi connectivity index (χ4v) is 3.89. The van der Waals surface area contributed by atoms with Crippen molar-refractivity contribution in [3.63, 3.8) is 0 Å². The van der Waals surface area contributed by atoms with Crippen LogP contribution in [0.1, 0.15) is 24.2 Å². The van der Waals surface area contributed by atoms with Gasteiger partial charge >= 0.3 is 0 Å². The van der Waals surface area contributed by atoms with Gasteiger partial charge in [-0.15, -0.1) is 0 Å². The van der Waals surface area contributed by atoms with Gasteiger partial charge in [-0.3, -0.25) is 19.7 Å². The summed E-state index contributed by atoms with van der Waals surface area (Å²) in [6.07, 6.45) is 1.69. The van der Waals surface area contributed by atoms with Crippen molar-refractivity contribution < 1.29 is 13.9 Å². The molecular weight excluding hydrogens is 421 g/mol. The molecule has 0 aliphatic carbocycles. The van der Waals surface area contributed by atoms with Crippen molar-refractivity contribution in [1.29, 1.82) is 0 Å². The van der Waals surface area contributed by atoms with Crippen LogP contribution in [0.5, 0.6) is 0 Å². The van der Waals surface area contributed by atoms with Gasteiger partial charge in [-0.1, -0.05) is 23.7 Å². The average Bonchev–Trinajstić information content (AvgIpc) is 2.76. The molecule has 0 radical (unpaired) electrons. The zero-order chi connectivity index (χ0) is 21.8. The van der Waals surface area contributed by atoms with Gasteiger partial charge in [-0.2, -0.15) is 0 Å². The Balaban J connectivity index is 1.80. The van der Waals surface area contributed by atoms with Crippen LogP contribution in [0.3, 0.4) is 0 Å². The molecule has 3 heterocycles. The molecule has 1 atom stereocenters. The fourth-order valence-electron chi connectivity index (χ4n) is 3.62. The van der Waals surface area contributed by atoms with Gasteiger partial charge in [0, 0.05) is 43.3 Å². The number of nitrogens with one attached hydrogen (secondary N) is 2. The summed E-state index contributed by atoms with van der Waals surface area (Å²) < 4.78 is 19.2. The van der Waals surface area contributed by atoms with Crippen molar-refractivity contribution in [2.75, 3.05) is 32.8 Å². The Labute approximate surface area is 185 Å². The van der Waals surface area contributed by atoms with Gasteiger partial charge < -0.3 is 15.4 Å². The van der Waals surface area contributed by atoms with Crippen LogP contribution in [-0.2, 0) is 9.53 Å². The van der Waals surface area contributed by atoms with E-state index in [9.17, 15) is 9.18 Å². The monoisotopic (exact) mass is 443 g/mol. The number of amidine groups is 1. The summed E-state index contributed by atoms with van der Waals surface area (Å²) in [5.41, 5.74) is 2.64. The number of carbonyl (C=O) groups excluding carboxylic acids is 1. The second kappa shape index (κ2) is 9.55. The third kappa shape index (κ3) is 5.10. The minimum absolute atomic E-state index is 0.226. The number of carbonyl (C=O) groups is 1. The molecule has 1 unspecified atom stereocenters.